The highest BCUT2D eigenvalue weighted by atomic mass is 127. The van der Waals surface area contributed by atoms with Crippen molar-refractivity contribution in [1.29, 1.82) is 0 Å². The molecule has 0 unspecified atom stereocenters. The van der Waals surface area contributed by atoms with Crippen LogP contribution in [0.1, 0.15) is 10.4 Å². The molecule has 4 heteroatoms. The van der Waals surface area contributed by atoms with Crippen molar-refractivity contribution in [3.63, 3.8) is 0 Å². The third-order valence-electron chi connectivity index (χ3n) is 1.49. The quantitative estimate of drug-likeness (QED) is 0.656. The normalized spacial score (nSPS) is 9.69. The van der Waals surface area contributed by atoms with Gasteiger partial charge in [0.1, 0.15) is 0 Å². The third kappa shape index (κ3) is 3.64. The standard InChI is InChI=1S/C9H9BrINO/c10-8-3-1-7(2-4-8)9(13)12-6-5-11/h1-4H,5-6H2,(H,12,13). The van der Waals surface area contributed by atoms with Gasteiger partial charge >= 0.3 is 0 Å². The third-order valence-corrected chi connectivity index (χ3v) is 2.55. The molecule has 0 saturated carbocycles. The molecule has 0 spiro atoms. The summed E-state index contributed by atoms with van der Waals surface area (Å²) in [6.07, 6.45) is 0. The summed E-state index contributed by atoms with van der Waals surface area (Å²) in [5.41, 5.74) is 0.702. The van der Waals surface area contributed by atoms with E-state index in [4.69, 9.17) is 0 Å². The van der Waals surface area contributed by atoms with Crippen molar-refractivity contribution in [2.45, 2.75) is 0 Å². The molecule has 0 aromatic heterocycles. The fourth-order valence-electron chi connectivity index (χ4n) is 0.864. The van der Waals surface area contributed by atoms with Crippen LogP contribution >= 0.6 is 38.5 Å². The average Bonchev–Trinajstić information content (AvgIpc) is 2.15. The summed E-state index contributed by atoms with van der Waals surface area (Å²) in [5, 5.41) is 2.81. The number of nitrogens with one attached hydrogen (secondary N) is 1. The molecule has 0 heterocycles. The monoisotopic (exact) mass is 353 g/mol. The van der Waals surface area contributed by atoms with E-state index < -0.39 is 0 Å². The van der Waals surface area contributed by atoms with Crippen molar-refractivity contribution in [2.24, 2.45) is 0 Å². The second kappa shape index (κ2) is 5.59. The summed E-state index contributed by atoms with van der Waals surface area (Å²) in [5.74, 6) is -0.0100. The molecule has 0 aliphatic carbocycles. The van der Waals surface area contributed by atoms with E-state index in [9.17, 15) is 4.79 Å². The van der Waals surface area contributed by atoms with Gasteiger partial charge in [0.05, 0.1) is 0 Å². The van der Waals surface area contributed by atoms with Crippen molar-refractivity contribution < 1.29 is 4.79 Å². The first kappa shape index (κ1) is 11.0. The minimum Gasteiger partial charge on any atom is -0.351 e. The fourth-order valence-corrected chi connectivity index (χ4v) is 1.40. The molecule has 13 heavy (non-hydrogen) atoms. The van der Waals surface area contributed by atoms with Crippen LogP contribution < -0.4 is 5.32 Å². The number of alkyl halides is 1. The van der Waals surface area contributed by atoms with Gasteiger partial charge in [0, 0.05) is 21.0 Å². The molecule has 0 fully saturated rings. The first-order valence-electron chi connectivity index (χ1n) is 3.84. The lowest BCUT2D eigenvalue weighted by molar-refractivity contribution is 0.0956. The maximum atomic E-state index is 11.4. The van der Waals surface area contributed by atoms with Gasteiger partial charge in [-0.3, -0.25) is 4.79 Å². The molecule has 1 aromatic rings. The molecule has 1 aromatic carbocycles. The van der Waals surface area contributed by atoms with E-state index in [1.54, 1.807) is 12.1 Å². The molecule has 0 bridgehead atoms. The van der Waals surface area contributed by atoms with Crippen LogP contribution in [0.15, 0.2) is 28.7 Å². The molecular formula is C9H9BrINO. The lowest BCUT2D eigenvalue weighted by Crippen LogP contribution is -2.24. The van der Waals surface area contributed by atoms with Gasteiger partial charge in [-0.05, 0) is 24.3 Å². The number of halogens is 2. The van der Waals surface area contributed by atoms with Crippen molar-refractivity contribution in [3.8, 4) is 0 Å². The molecular weight excluding hydrogens is 345 g/mol. The van der Waals surface area contributed by atoms with Crippen molar-refractivity contribution >= 4 is 44.4 Å². The van der Waals surface area contributed by atoms with Crippen molar-refractivity contribution in [1.82, 2.24) is 5.32 Å². The maximum Gasteiger partial charge on any atom is 0.251 e. The van der Waals surface area contributed by atoms with Crippen molar-refractivity contribution in [2.75, 3.05) is 11.0 Å². The van der Waals surface area contributed by atoms with Crippen LogP contribution in [0.5, 0.6) is 0 Å². The zero-order valence-corrected chi connectivity index (χ0v) is 10.6. The largest absolute Gasteiger partial charge is 0.351 e. The Morgan fingerprint density at radius 1 is 1.38 bits per heavy atom. The molecule has 0 aliphatic rings. The van der Waals surface area contributed by atoms with E-state index >= 15 is 0 Å². The number of rotatable bonds is 3. The van der Waals surface area contributed by atoms with Crippen LogP contribution in [0.2, 0.25) is 0 Å². The lowest BCUT2D eigenvalue weighted by atomic mass is 10.2. The molecule has 1 amide bonds. The van der Waals surface area contributed by atoms with Crippen LogP contribution in [-0.2, 0) is 0 Å². The Morgan fingerprint density at radius 2 is 2.00 bits per heavy atom. The number of hydrogen-bond acceptors (Lipinski definition) is 1. The van der Waals surface area contributed by atoms with Crippen LogP contribution in [0.4, 0.5) is 0 Å². The summed E-state index contributed by atoms with van der Waals surface area (Å²) in [6, 6.07) is 7.32. The highest BCUT2D eigenvalue weighted by Gasteiger charge is 2.02. The number of hydrogen-bond donors (Lipinski definition) is 1. The molecule has 0 radical (unpaired) electrons. The first-order valence-corrected chi connectivity index (χ1v) is 6.15. The average molecular weight is 354 g/mol. The fraction of sp³-hybridized carbons (Fsp3) is 0.222. The summed E-state index contributed by atoms with van der Waals surface area (Å²) in [7, 11) is 0. The molecule has 70 valence electrons. The highest BCUT2D eigenvalue weighted by Crippen LogP contribution is 2.10. The number of carbonyl (C=O) groups is 1. The van der Waals surface area contributed by atoms with Gasteiger partial charge in [-0.1, -0.05) is 38.5 Å². The molecule has 0 atom stereocenters. The highest BCUT2D eigenvalue weighted by molar-refractivity contribution is 14.1. The van der Waals surface area contributed by atoms with E-state index in [0.29, 0.717) is 5.56 Å². The van der Waals surface area contributed by atoms with Crippen LogP contribution in [0.25, 0.3) is 0 Å². The predicted molar refractivity (Wildman–Crippen MR) is 65.4 cm³/mol. The van der Waals surface area contributed by atoms with Crippen LogP contribution in [0, 0.1) is 0 Å². The van der Waals surface area contributed by atoms with Crippen LogP contribution in [-0.4, -0.2) is 16.9 Å². The Bertz CT molecular complexity index is 286. The first-order chi connectivity index (χ1) is 6.24. The maximum absolute atomic E-state index is 11.4. The molecule has 1 N–H and O–H groups in total. The Labute approximate surface area is 99.4 Å². The number of benzene rings is 1. The molecule has 0 aliphatic heterocycles. The summed E-state index contributed by atoms with van der Waals surface area (Å²) in [4.78, 5) is 11.4. The smallest absolute Gasteiger partial charge is 0.251 e. The second-order valence-corrected chi connectivity index (χ2v) is 4.45. The molecule has 0 saturated heterocycles. The van der Waals surface area contributed by atoms with Gasteiger partial charge in [-0.2, -0.15) is 0 Å². The molecule has 2 nitrogen and oxygen atoms in total. The topological polar surface area (TPSA) is 29.1 Å². The molecule has 1 rings (SSSR count). The zero-order chi connectivity index (χ0) is 9.68. The van der Waals surface area contributed by atoms with Gasteiger partial charge in [-0.25, -0.2) is 0 Å². The lowest BCUT2D eigenvalue weighted by Gasteiger charge is -2.02. The van der Waals surface area contributed by atoms with E-state index in [1.807, 2.05) is 12.1 Å². The minimum absolute atomic E-state index is 0.0100. The van der Waals surface area contributed by atoms with E-state index in [-0.39, 0.29) is 5.91 Å². The van der Waals surface area contributed by atoms with Crippen molar-refractivity contribution in [3.05, 3.63) is 34.3 Å². The Hall–Kier alpha value is -0.100. The predicted octanol–water partition coefficient (Wildman–Crippen LogP) is 2.61. The summed E-state index contributed by atoms with van der Waals surface area (Å²) < 4.78 is 1.91. The van der Waals surface area contributed by atoms with Crippen LogP contribution in [0.3, 0.4) is 0 Å². The number of carbonyl (C=O) groups excluding carboxylic acids is 1. The zero-order valence-electron chi connectivity index (χ0n) is 6.89. The Kier molecular flexibility index (Phi) is 4.72. The Morgan fingerprint density at radius 3 is 2.54 bits per heavy atom. The SMILES string of the molecule is O=C(NCCI)c1ccc(Br)cc1. The van der Waals surface area contributed by atoms with Gasteiger partial charge in [0.25, 0.3) is 5.91 Å². The summed E-state index contributed by atoms with van der Waals surface area (Å²) in [6.45, 7) is 0.718. The Balaban J connectivity index is 2.61. The van der Waals surface area contributed by atoms with Gasteiger partial charge < -0.3 is 5.32 Å². The number of amides is 1. The van der Waals surface area contributed by atoms with E-state index in [0.717, 1.165) is 15.4 Å². The second-order valence-electron chi connectivity index (χ2n) is 2.45. The summed E-state index contributed by atoms with van der Waals surface area (Å²) >= 11 is 5.54. The van der Waals surface area contributed by atoms with E-state index in [1.165, 1.54) is 0 Å². The van der Waals surface area contributed by atoms with E-state index in [2.05, 4.69) is 43.8 Å². The van der Waals surface area contributed by atoms with Gasteiger partial charge in [0.15, 0.2) is 0 Å². The van der Waals surface area contributed by atoms with Gasteiger partial charge in [0.2, 0.25) is 0 Å². The minimum atomic E-state index is -0.0100. The van der Waals surface area contributed by atoms with Gasteiger partial charge in [-0.15, -0.1) is 0 Å².